The van der Waals surface area contributed by atoms with Crippen LogP contribution in [0.5, 0.6) is 0 Å². The van der Waals surface area contributed by atoms with Crippen LogP contribution in [0.3, 0.4) is 0 Å². The third kappa shape index (κ3) is 3.59. The lowest BCUT2D eigenvalue weighted by Crippen LogP contribution is -2.43. The number of nitrogens with zero attached hydrogens (tertiary/aromatic N) is 1. The highest BCUT2D eigenvalue weighted by Crippen LogP contribution is 2.32. The molecule has 2 amide bonds. The Balaban J connectivity index is 1.84. The minimum Gasteiger partial charge on any atom is -0.481 e. The van der Waals surface area contributed by atoms with E-state index < -0.39 is 12.0 Å². The molecule has 6 heteroatoms. The molecule has 0 spiro atoms. The van der Waals surface area contributed by atoms with Gasteiger partial charge in [0.05, 0.1) is 12.5 Å². The molecule has 0 bridgehead atoms. The van der Waals surface area contributed by atoms with Crippen molar-refractivity contribution in [1.82, 2.24) is 4.90 Å². The Morgan fingerprint density at radius 2 is 1.88 bits per heavy atom. The molecule has 2 N–H and O–H groups in total. The van der Waals surface area contributed by atoms with Crippen LogP contribution in [0, 0.1) is 0 Å². The molecule has 0 saturated carbocycles. The molecule has 124 valence electrons. The summed E-state index contributed by atoms with van der Waals surface area (Å²) in [5, 5.41) is 12.1. The first kappa shape index (κ1) is 16.5. The van der Waals surface area contributed by atoms with Crippen molar-refractivity contribution in [2.45, 2.75) is 18.9 Å². The van der Waals surface area contributed by atoms with Crippen LogP contribution in [0.25, 0.3) is 0 Å². The van der Waals surface area contributed by atoms with Crippen LogP contribution in [-0.2, 0) is 11.2 Å². The zero-order valence-corrected chi connectivity index (χ0v) is 14.5. The summed E-state index contributed by atoms with van der Waals surface area (Å²) in [4.78, 5) is 25.6. The van der Waals surface area contributed by atoms with E-state index in [4.69, 9.17) is 0 Å². The number of anilines is 1. The number of carbonyl (C=O) groups excluding carboxylic acids is 1. The number of hydrogen-bond donors (Lipinski definition) is 2. The number of carboxylic acids is 1. The second kappa shape index (κ2) is 7.05. The molecule has 0 aromatic heterocycles. The molecule has 1 heterocycles. The number of urea groups is 1. The molecule has 2 aromatic rings. The van der Waals surface area contributed by atoms with Crippen molar-refractivity contribution >= 4 is 33.6 Å². The van der Waals surface area contributed by atoms with Crippen LogP contribution in [-0.4, -0.2) is 28.6 Å². The largest absolute Gasteiger partial charge is 0.481 e. The van der Waals surface area contributed by atoms with Gasteiger partial charge in [-0.25, -0.2) is 4.79 Å². The highest BCUT2D eigenvalue weighted by Gasteiger charge is 2.32. The summed E-state index contributed by atoms with van der Waals surface area (Å²) in [7, 11) is 0. The van der Waals surface area contributed by atoms with E-state index in [9.17, 15) is 14.7 Å². The van der Waals surface area contributed by atoms with E-state index in [0.717, 1.165) is 22.0 Å². The minimum absolute atomic E-state index is 0.106. The van der Waals surface area contributed by atoms with Crippen LogP contribution in [0.1, 0.15) is 23.6 Å². The van der Waals surface area contributed by atoms with Crippen molar-refractivity contribution in [3.8, 4) is 0 Å². The highest BCUT2D eigenvalue weighted by atomic mass is 79.9. The van der Waals surface area contributed by atoms with Crippen molar-refractivity contribution in [3.63, 3.8) is 0 Å². The molecule has 3 rings (SSSR count). The number of aliphatic carboxylic acids is 1. The summed E-state index contributed by atoms with van der Waals surface area (Å²) in [6.07, 6.45) is 0.616. The topological polar surface area (TPSA) is 69.6 Å². The predicted molar refractivity (Wildman–Crippen MR) is 95.0 cm³/mol. The van der Waals surface area contributed by atoms with Gasteiger partial charge in [-0.1, -0.05) is 40.2 Å². The van der Waals surface area contributed by atoms with Gasteiger partial charge in [-0.05, 0) is 41.8 Å². The van der Waals surface area contributed by atoms with E-state index in [1.165, 1.54) is 0 Å². The number of carbonyl (C=O) groups is 2. The highest BCUT2D eigenvalue weighted by molar-refractivity contribution is 9.10. The van der Waals surface area contributed by atoms with Crippen LogP contribution in [0.2, 0.25) is 0 Å². The van der Waals surface area contributed by atoms with Crippen LogP contribution in [0.15, 0.2) is 53.0 Å². The Kier molecular flexibility index (Phi) is 4.85. The fourth-order valence-electron chi connectivity index (χ4n) is 3.01. The van der Waals surface area contributed by atoms with Gasteiger partial charge in [0.2, 0.25) is 0 Å². The molecule has 1 aliphatic heterocycles. The van der Waals surface area contributed by atoms with Gasteiger partial charge in [0.25, 0.3) is 0 Å². The number of nitrogens with one attached hydrogen (secondary N) is 1. The number of amides is 2. The second-order valence-electron chi connectivity index (χ2n) is 5.69. The minimum atomic E-state index is -0.918. The summed E-state index contributed by atoms with van der Waals surface area (Å²) >= 11 is 3.35. The quantitative estimate of drug-likeness (QED) is 0.832. The van der Waals surface area contributed by atoms with Gasteiger partial charge in [-0.15, -0.1) is 0 Å². The Labute approximate surface area is 148 Å². The first-order chi connectivity index (χ1) is 11.5. The third-order valence-electron chi connectivity index (χ3n) is 4.14. The van der Waals surface area contributed by atoms with Gasteiger partial charge in [0.1, 0.15) is 0 Å². The average Bonchev–Trinajstić information content (AvgIpc) is 2.56. The maximum atomic E-state index is 12.7. The maximum absolute atomic E-state index is 12.7. The Morgan fingerprint density at radius 3 is 2.58 bits per heavy atom. The lowest BCUT2D eigenvalue weighted by atomic mass is 9.91. The maximum Gasteiger partial charge on any atom is 0.322 e. The van der Waals surface area contributed by atoms with Gasteiger partial charge in [-0.3, -0.25) is 4.79 Å². The molecule has 0 fully saturated rings. The lowest BCUT2D eigenvalue weighted by Gasteiger charge is -2.36. The molecule has 1 atom stereocenters. The Bertz CT molecular complexity index is 761. The fourth-order valence-corrected chi connectivity index (χ4v) is 3.27. The molecule has 0 aliphatic carbocycles. The first-order valence-electron chi connectivity index (χ1n) is 7.67. The van der Waals surface area contributed by atoms with Gasteiger partial charge in [0.15, 0.2) is 0 Å². The summed E-state index contributed by atoms with van der Waals surface area (Å²) in [6.45, 7) is 0.497. The Hall–Kier alpha value is -2.34. The number of fused-ring (bicyclic) bond motifs is 1. The third-order valence-corrected chi connectivity index (χ3v) is 4.67. The summed E-state index contributed by atoms with van der Waals surface area (Å²) in [6, 6.07) is 14.3. The summed E-state index contributed by atoms with van der Waals surface area (Å²) < 4.78 is 0.927. The van der Waals surface area contributed by atoms with E-state index in [0.29, 0.717) is 12.2 Å². The van der Waals surface area contributed by atoms with E-state index in [1.54, 1.807) is 17.0 Å². The van der Waals surface area contributed by atoms with Gasteiger partial charge < -0.3 is 15.3 Å². The molecule has 5 nitrogen and oxygen atoms in total. The predicted octanol–water partition coefficient (Wildman–Crippen LogP) is 4.06. The van der Waals surface area contributed by atoms with Crippen molar-refractivity contribution in [2.24, 2.45) is 0 Å². The fraction of sp³-hybridized carbons (Fsp3) is 0.222. The number of hydrogen-bond acceptors (Lipinski definition) is 2. The number of carboxylic acid groups (broad SMARTS) is 1. The van der Waals surface area contributed by atoms with Crippen molar-refractivity contribution in [3.05, 3.63) is 64.1 Å². The molecule has 0 radical (unpaired) electrons. The molecule has 2 aromatic carbocycles. The molecule has 24 heavy (non-hydrogen) atoms. The lowest BCUT2D eigenvalue weighted by molar-refractivity contribution is -0.138. The molecule has 0 unspecified atom stereocenters. The van der Waals surface area contributed by atoms with E-state index >= 15 is 0 Å². The SMILES string of the molecule is O=C(O)C[C@H]1c2ccccc2CCN1C(=O)Nc1ccc(Br)cc1. The van der Waals surface area contributed by atoms with Gasteiger partial charge >= 0.3 is 12.0 Å². The van der Waals surface area contributed by atoms with Crippen LogP contribution >= 0.6 is 15.9 Å². The molecule has 1 aliphatic rings. The zero-order chi connectivity index (χ0) is 17.1. The molecular formula is C18H17BrN2O3. The Morgan fingerprint density at radius 1 is 1.17 bits per heavy atom. The van der Waals surface area contributed by atoms with E-state index in [1.807, 2.05) is 36.4 Å². The number of halogens is 1. The number of rotatable bonds is 3. The molecular weight excluding hydrogens is 372 g/mol. The van der Waals surface area contributed by atoms with E-state index in [2.05, 4.69) is 21.2 Å². The van der Waals surface area contributed by atoms with E-state index in [-0.39, 0.29) is 12.5 Å². The zero-order valence-electron chi connectivity index (χ0n) is 12.9. The number of benzene rings is 2. The standard InChI is InChI=1S/C18H17BrN2O3/c19-13-5-7-14(8-6-13)20-18(24)21-10-9-12-3-1-2-4-15(12)16(21)11-17(22)23/h1-8,16H,9-11H2,(H,20,24)(H,22,23)/t16-/m0/s1. The van der Waals surface area contributed by atoms with Gasteiger partial charge in [0, 0.05) is 16.7 Å². The van der Waals surface area contributed by atoms with Gasteiger partial charge in [-0.2, -0.15) is 0 Å². The summed E-state index contributed by atoms with van der Waals surface area (Å²) in [5.74, 6) is -0.918. The van der Waals surface area contributed by atoms with Crippen molar-refractivity contribution in [2.75, 3.05) is 11.9 Å². The van der Waals surface area contributed by atoms with Crippen LogP contribution in [0.4, 0.5) is 10.5 Å². The first-order valence-corrected chi connectivity index (χ1v) is 8.46. The van der Waals surface area contributed by atoms with Crippen molar-refractivity contribution < 1.29 is 14.7 Å². The summed E-state index contributed by atoms with van der Waals surface area (Å²) in [5.41, 5.74) is 2.70. The normalized spacial score (nSPS) is 16.4. The average molecular weight is 389 g/mol. The molecule has 0 saturated heterocycles. The smallest absolute Gasteiger partial charge is 0.322 e. The monoisotopic (exact) mass is 388 g/mol. The second-order valence-corrected chi connectivity index (χ2v) is 6.61. The van der Waals surface area contributed by atoms with Crippen LogP contribution < -0.4 is 5.32 Å². The van der Waals surface area contributed by atoms with Crippen molar-refractivity contribution in [1.29, 1.82) is 0 Å².